The van der Waals surface area contributed by atoms with E-state index in [-0.39, 0.29) is 17.6 Å². The summed E-state index contributed by atoms with van der Waals surface area (Å²) in [7, 11) is 0. The van der Waals surface area contributed by atoms with Gasteiger partial charge >= 0.3 is 0 Å². The summed E-state index contributed by atoms with van der Waals surface area (Å²) in [6.45, 7) is 0.722. The average molecular weight is 436 g/mol. The first kappa shape index (κ1) is 22.6. The molecule has 0 amide bonds. The Morgan fingerprint density at radius 3 is 1.94 bits per heavy atom. The van der Waals surface area contributed by atoms with Gasteiger partial charge < -0.3 is 20.3 Å². The molecule has 4 nitrogen and oxygen atoms in total. The van der Waals surface area contributed by atoms with Crippen molar-refractivity contribution < 1.29 is 14.9 Å². The fraction of sp³-hybridized carbons (Fsp3) is 0.269. The van der Waals surface area contributed by atoms with E-state index in [9.17, 15) is 10.2 Å². The minimum absolute atomic E-state index is 0.0483. The highest BCUT2D eigenvalue weighted by atomic mass is 32.1. The predicted octanol–water partition coefficient (Wildman–Crippen LogP) is 5.17. The zero-order valence-corrected chi connectivity index (χ0v) is 18.4. The molecule has 0 saturated carbocycles. The van der Waals surface area contributed by atoms with Gasteiger partial charge in [0.15, 0.2) is 11.5 Å². The highest BCUT2D eigenvalue weighted by Gasteiger charge is 2.14. The maximum atomic E-state index is 9.74. The lowest BCUT2D eigenvalue weighted by Crippen LogP contribution is -2.31. The zero-order chi connectivity index (χ0) is 21.9. The molecule has 0 aliphatic rings. The SMILES string of the molecule is Oc1ccc(CCC(CCc2ccccc2)OC(=S)NCCc2ccccc2)cc1O. The van der Waals surface area contributed by atoms with E-state index in [2.05, 4.69) is 29.6 Å². The number of thiocarbonyl (C=S) groups is 1. The molecular weight excluding hydrogens is 406 g/mol. The molecule has 0 aliphatic heterocycles. The number of aryl methyl sites for hydroxylation is 2. The van der Waals surface area contributed by atoms with Crippen LogP contribution in [-0.4, -0.2) is 28.0 Å². The van der Waals surface area contributed by atoms with E-state index in [0.717, 1.165) is 44.2 Å². The Balaban J connectivity index is 1.53. The number of nitrogens with one attached hydrogen (secondary N) is 1. The standard InChI is InChI=1S/C26H29NO3S/c28-24-16-13-22(19-25(24)29)12-15-23(14-11-20-7-3-1-4-8-20)30-26(31)27-18-17-21-9-5-2-6-10-21/h1-10,13,16,19,23,28-29H,11-12,14-15,17-18H2,(H,27,31). The van der Waals surface area contributed by atoms with Crippen molar-refractivity contribution in [3.63, 3.8) is 0 Å². The van der Waals surface area contributed by atoms with E-state index in [1.54, 1.807) is 6.07 Å². The molecule has 31 heavy (non-hydrogen) atoms. The molecule has 0 aromatic heterocycles. The average Bonchev–Trinajstić information content (AvgIpc) is 2.79. The fourth-order valence-electron chi connectivity index (χ4n) is 3.43. The fourth-order valence-corrected chi connectivity index (χ4v) is 3.67. The number of phenolic OH excluding ortho intramolecular Hbond substituents is 2. The van der Waals surface area contributed by atoms with Crippen molar-refractivity contribution in [1.82, 2.24) is 5.32 Å². The number of phenols is 2. The van der Waals surface area contributed by atoms with Crippen LogP contribution in [0, 0.1) is 0 Å². The number of hydrogen-bond donors (Lipinski definition) is 3. The lowest BCUT2D eigenvalue weighted by molar-refractivity contribution is 0.165. The molecule has 1 atom stereocenters. The molecular formula is C26H29NO3S. The van der Waals surface area contributed by atoms with Crippen LogP contribution in [0.3, 0.4) is 0 Å². The minimum Gasteiger partial charge on any atom is -0.504 e. The largest absolute Gasteiger partial charge is 0.504 e. The quantitative estimate of drug-likeness (QED) is 0.303. The Morgan fingerprint density at radius 1 is 0.742 bits per heavy atom. The third kappa shape index (κ3) is 7.95. The number of ether oxygens (including phenoxy) is 1. The van der Waals surface area contributed by atoms with Crippen molar-refractivity contribution in [2.75, 3.05) is 6.54 Å². The summed E-state index contributed by atoms with van der Waals surface area (Å²) >= 11 is 5.44. The molecule has 3 N–H and O–H groups in total. The highest BCUT2D eigenvalue weighted by molar-refractivity contribution is 7.80. The Hall–Kier alpha value is -3.05. The topological polar surface area (TPSA) is 61.7 Å². The molecule has 3 rings (SSSR count). The third-order valence-corrected chi connectivity index (χ3v) is 5.43. The summed E-state index contributed by atoms with van der Waals surface area (Å²) < 4.78 is 6.09. The first-order chi connectivity index (χ1) is 15.1. The molecule has 3 aromatic carbocycles. The predicted molar refractivity (Wildman–Crippen MR) is 128 cm³/mol. The van der Waals surface area contributed by atoms with E-state index < -0.39 is 0 Å². The second-order valence-electron chi connectivity index (χ2n) is 7.58. The zero-order valence-electron chi connectivity index (χ0n) is 17.5. The summed E-state index contributed by atoms with van der Waals surface area (Å²) in [4.78, 5) is 0. The number of hydrogen-bond acceptors (Lipinski definition) is 4. The van der Waals surface area contributed by atoms with Crippen LogP contribution in [0.15, 0.2) is 78.9 Å². The number of rotatable bonds is 10. The van der Waals surface area contributed by atoms with Crippen LogP contribution < -0.4 is 5.32 Å². The molecule has 0 bridgehead atoms. The van der Waals surface area contributed by atoms with Gasteiger partial charge in [-0.05, 0) is 73.1 Å². The van der Waals surface area contributed by atoms with Crippen molar-refractivity contribution in [3.05, 3.63) is 95.6 Å². The molecule has 0 fully saturated rings. The van der Waals surface area contributed by atoms with Crippen LogP contribution in [0.25, 0.3) is 0 Å². The van der Waals surface area contributed by atoms with Gasteiger partial charge in [-0.2, -0.15) is 0 Å². The smallest absolute Gasteiger partial charge is 0.256 e. The monoisotopic (exact) mass is 435 g/mol. The highest BCUT2D eigenvalue weighted by Crippen LogP contribution is 2.26. The van der Waals surface area contributed by atoms with Gasteiger partial charge in [-0.1, -0.05) is 66.7 Å². The van der Waals surface area contributed by atoms with E-state index in [0.29, 0.717) is 5.17 Å². The summed E-state index contributed by atoms with van der Waals surface area (Å²) in [6, 6.07) is 25.5. The Kier molecular flexibility index (Phi) is 8.73. The molecule has 3 aromatic rings. The molecule has 0 radical (unpaired) electrons. The van der Waals surface area contributed by atoms with Crippen molar-refractivity contribution in [1.29, 1.82) is 0 Å². The Morgan fingerprint density at radius 2 is 1.32 bits per heavy atom. The van der Waals surface area contributed by atoms with Gasteiger partial charge in [0.1, 0.15) is 6.10 Å². The van der Waals surface area contributed by atoms with E-state index in [1.807, 2.05) is 42.5 Å². The van der Waals surface area contributed by atoms with Crippen LogP contribution in [0.4, 0.5) is 0 Å². The van der Waals surface area contributed by atoms with Crippen LogP contribution in [0.2, 0.25) is 0 Å². The van der Waals surface area contributed by atoms with Gasteiger partial charge in [-0.25, -0.2) is 0 Å². The lowest BCUT2D eigenvalue weighted by Gasteiger charge is -2.20. The minimum atomic E-state index is -0.107. The maximum absolute atomic E-state index is 9.74. The number of aromatic hydroxyl groups is 2. The van der Waals surface area contributed by atoms with Crippen LogP contribution in [0.1, 0.15) is 29.5 Å². The van der Waals surface area contributed by atoms with E-state index >= 15 is 0 Å². The van der Waals surface area contributed by atoms with Crippen molar-refractivity contribution in [2.24, 2.45) is 0 Å². The Labute approximate surface area is 189 Å². The van der Waals surface area contributed by atoms with Crippen molar-refractivity contribution >= 4 is 17.4 Å². The molecule has 0 saturated heterocycles. The van der Waals surface area contributed by atoms with Crippen LogP contribution >= 0.6 is 12.2 Å². The van der Waals surface area contributed by atoms with Crippen molar-refractivity contribution in [2.45, 2.75) is 38.2 Å². The van der Waals surface area contributed by atoms with E-state index in [4.69, 9.17) is 17.0 Å². The molecule has 0 aliphatic carbocycles. The maximum Gasteiger partial charge on any atom is 0.256 e. The molecule has 0 heterocycles. The molecule has 5 heteroatoms. The second-order valence-corrected chi connectivity index (χ2v) is 7.95. The second kappa shape index (κ2) is 12.0. The summed E-state index contributed by atoms with van der Waals surface area (Å²) in [5.41, 5.74) is 3.47. The van der Waals surface area contributed by atoms with Gasteiger partial charge in [-0.15, -0.1) is 0 Å². The number of benzene rings is 3. The normalized spacial score (nSPS) is 11.6. The van der Waals surface area contributed by atoms with Crippen molar-refractivity contribution in [3.8, 4) is 11.5 Å². The van der Waals surface area contributed by atoms with Gasteiger partial charge in [0, 0.05) is 6.54 Å². The molecule has 0 spiro atoms. The van der Waals surface area contributed by atoms with Gasteiger partial charge in [0.25, 0.3) is 5.17 Å². The first-order valence-corrected chi connectivity index (χ1v) is 11.0. The van der Waals surface area contributed by atoms with Crippen LogP contribution in [-0.2, 0) is 24.0 Å². The summed E-state index contributed by atoms with van der Waals surface area (Å²) in [6.07, 6.45) is 4.06. The van der Waals surface area contributed by atoms with Crippen LogP contribution in [0.5, 0.6) is 11.5 Å². The van der Waals surface area contributed by atoms with Gasteiger partial charge in [-0.3, -0.25) is 0 Å². The lowest BCUT2D eigenvalue weighted by atomic mass is 10.0. The van der Waals surface area contributed by atoms with E-state index in [1.165, 1.54) is 17.2 Å². The molecule has 1 unspecified atom stereocenters. The Bertz CT molecular complexity index is 947. The summed E-state index contributed by atoms with van der Waals surface area (Å²) in [5.74, 6) is -0.207. The first-order valence-electron chi connectivity index (χ1n) is 10.6. The van der Waals surface area contributed by atoms with Gasteiger partial charge in [0.2, 0.25) is 0 Å². The summed E-state index contributed by atoms with van der Waals surface area (Å²) in [5, 5.41) is 22.9. The molecule has 162 valence electrons. The third-order valence-electron chi connectivity index (χ3n) is 5.19. The van der Waals surface area contributed by atoms with Gasteiger partial charge in [0.05, 0.1) is 0 Å².